The summed E-state index contributed by atoms with van der Waals surface area (Å²) in [6.07, 6.45) is -0.0921. The Hall–Kier alpha value is -1.76. The summed E-state index contributed by atoms with van der Waals surface area (Å²) >= 11 is 0. The van der Waals surface area contributed by atoms with Crippen molar-refractivity contribution in [1.29, 1.82) is 0 Å². The van der Waals surface area contributed by atoms with Gasteiger partial charge in [-0.2, -0.15) is 0 Å². The predicted molar refractivity (Wildman–Crippen MR) is 88.1 cm³/mol. The molecule has 0 radical (unpaired) electrons. The lowest BCUT2D eigenvalue weighted by Gasteiger charge is -2.16. The summed E-state index contributed by atoms with van der Waals surface area (Å²) in [6, 6.07) is 15.4. The molecule has 23 heavy (non-hydrogen) atoms. The van der Waals surface area contributed by atoms with Crippen LogP contribution in [-0.4, -0.2) is 27.8 Å². The monoisotopic (exact) mass is 337 g/mol. The second kappa shape index (κ2) is 8.19. The zero-order chi connectivity index (χ0) is 16.7. The normalized spacial score (nSPS) is 13.0. The molecule has 0 saturated carbocycles. The van der Waals surface area contributed by atoms with Gasteiger partial charge in [0, 0.05) is 13.7 Å². The third-order valence-corrected chi connectivity index (χ3v) is 4.84. The fourth-order valence-corrected chi connectivity index (χ4v) is 3.27. The third-order valence-electron chi connectivity index (χ3n) is 3.50. The van der Waals surface area contributed by atoms with Crippen LogP contribution in [0.25, 0.3) is 0 Å². The van der Waals surface area contributed by atoms with Crippen LogP contribution < -0.4 is 4.72 Å². The molecule has 0 aliphatic rings. The van der Waals surface area contributed by atoms with E-state index in [2.05, 4.69) is 4.72 Å². The van der Waals surface area contributed by atoms with Gasteiger partial charge in [0.15, 0.2) is 0 Å². The molecule has 2 aromatic carbocycles. The Labute approximate surface area is 136 Å². The van der Waals surface area contributed by atoms with Crippen LogP contribution in [0, 0.1) is 5.82 Å². The Balaban J connectivity index is 1.92. The lowest BCUT2D eigenvalue weighted by molar-refractivity contribution is 0.107. The topological polar surface area (TPSA) is 55.4 Å². The van der Waals surface area contributed by atoms with E-state index >= 15 is 0 Å². The molecule has 2 rings (SSSR count). The molecule has 2 aromatic rings. The van der Waals surface area contributed by atoms with Gasteiger partial charge in [0.2, 0.25) is 10.0 Å². The number of sulfonamides is 1. The molecular formula is C17H20FNO3S. The minimum Gasteiger partial charge on any atom is -0.375 e. The number of nitrogens with one attached hydrogen (secondary N) is 1. The van der Waals surface area contributed by atoms with Gasteiger partial charge >= 0.3 is 0 Å². The number of hydrogen-bond acceptors (Lipinski definition) is 3. The molecule has 0 amide bonds. The molecule has 0 aromatic heterocycles. The Morgan fingerprint density at radius 1 is 1.13 bits per heavy atom. The summed E-state index contributed by atoms with van der Waals surface area (Å²) in [5.41, 5.74) is 1.56. The molecule has 6 heteroatoms. The van der Waals surface area contributed by atoms with Crippen molar-refractivity contribution in [2.75, 3.05) is 19.4 Å². The van der Waals surface area contributed by atoms with E-state index in [9.17, 15) is 12.8 Å². The molecule has 0 heterocycles. The standard InChI is InChI=1S/C17H20FNO3S/c1-22-17(15-8-5-9-16(18)12-15)13-19-23(20,21)11-10-14-6-3-2-4-7-14/h2-9,12,17,19H,10-11,13H2,1H3. The minimum atomic E-state index is -3.43. The molecule has 124 valence electrons. The third kappa shape index (κ3) is 5.74. The first-order valence-corrected chi connectivity index (χ1v) is 8.95. The highest BCUT2D eigenvalue weighted by molar-refractivity contribution is 7.89. The molecule has 0 bridgehead atoms. The lowest BCUT2D eigenvalue weighted by atomic mass is 10.1. The summed E-state index contributed by atoms with van der Waals surface area (Å²) in [5.74, 6) is -0.382. The van der Waals surface area contributed by atoms with E-state index in [0.29, 0.717) is 12.0 Å². The lowest BCUT2D eigenvalue weighted by Crippen LogP contribution is -2.31. The predicted octanol–water partition coefficient (Wildman–Crippen LogP) is 2.68. The average Bonchev–Trinajstić information content (AvgIpc) is 2.55. The largest absolute Gasteiger partial charge is 0.375 e. The Kier molecular flexibility index (Phi) is 6.27. The number of aryl methyl sites for hydroxylation is 1. The second-order valence-electron chi connectivity index (χ2n) is 5.18. The summed E-state index contributed by atoms with van der Waals surface area (Å²) < 4.78 is 45.2. The van der Waals surface area contributed by atoms with Crippen LogP contribution in [0.3, 0.4) is 0 Å². The number of halogens is 1. The van der Waals surface area contributed by atoms with Crippen molar-refractivity contribution in [1.82, 2.24) is 4.72 Å². The van der Waals surface area contributed by atoms with Crippen molar-refractivity contribution < 1.29 is 17.5 Å². The van der Waals surface area contributed by atoms with Crippen LogP contribution in [0.15, 0.2) is 54.6 Å². The maximum atomic E-state index is 13.3. The minimum absolute atomic E-state index is 0.00337. The molecule has 0 fully saturated rings. The molecule has 0 saturated heterocycles. The maximum Gasteiger partial charge on any atom is 0.212 e. The first-order valence-electron chi connectivity index (χ1n) is 7.30. The number of hydrogen-bond donors (Lipinski definition) is 1. The van der Waals surface area contributed by atoms with Crippen molar-refractivity contribution in [3.63, 3.8) is 0 Å². The van der Waals surface area contributed by atoms with Crippen molar-refractivity contribution in [2.45, 2.75) is 12.5 Å². The van der Waals surface area contributed by atoms with Crippen LogP contribution in [0.5, 0.6) is 0 Å². The summed E-state index contributed by atoms with van der Waals surface area (Å²) in [6.45, 7) is 0.0665. The Morgan fingerprint density at radius 2 is 1.87 bits per heavy atom. The number of rotatable bonds is 8. The molecule has 0 spiro atoms. The van der Waals surface area contributed by atoms with E-state index < -0.39 is 16.1 Å². The summed E-state index contributed by atoms with van der Waals surface area (Å²) in [4.78, 5) is 0. The number of methoxy groups -OCH3 is 1. The zero-order valence-electron chi connectivity index (χ0n) is 12.9. The highest BCUT2D eigenvalue weighted by Crippen LogP contribution is 2.17. The van der Waals surface area contributed by atoms with Crippen molar-refractivity contribution in [2.24, 2.45) is 0 Å². The molecule has 4 nitrogen and oxygen atoms in total. The fraction of sp³-hybridized carbons (Fsp3) is 0.294. The van der Waals surface area contributed by atoms with Crippen LogP contribution in [-0.2, 0) is 21.2 Å². The van der Waals surface area contributed by atoms with Gasteiger partial charge in [-0.1, -0.05) is 42.5 Å². The molecule has 1 unspecified atom stereocenters. The van der Waals surface area contributed by atoms with Crippen LogP contribution in [0.2, 0.25) is 0 Å². The van der Waals surface area contributed by atoms with Gasteiger partial charge in [0.25, 0.3) is 0 Å². The van der Waals surface area contributed by atoms with Gasteiger partial charge in [-0.25, -0.2) is 17.5 Å². The van der Waals surface area contributed by atoms with Gasteiger partial charge < -0.3 is 4.74 Å². The Morgan fingerprint density at radius 3 is 2.52 bits per heavy atom. The van der Waals surface area contributed by atoms with Crippen molar-refractivity contribution in [3.8, 4) is 0 Å². The van der Waals surface area contributed by atoms with Gasteiger partial charge in [0.05, 0.1) is 11.9 Å². The molecular weight excluding hydrogens is 317 g/mol. The number of ether oxygens (including phenoxy) is 1. The quantitative estimate of drug-likeness (QED) is 0.806. The van der Waals surface area contributed by atoms with Gasteiger partial charge in [0.1, 0.15) is 5.82 Å². The second-order valence-corrected chi connectivity index (χ2v) is 7.11. The van der Waals surface area contributed by atoms with E-state index in [4.69, 9.17) is 4.74 Å². The van der Waals surface area contributed by atoms with Gasteiger partial charge in [-0.15, -0.1) is 0 Å². The van der Waals surface area contributed by atoms with Crippen LogP contribution >= 0.6 is 0 Å². The molecule has 1 N–H and O–H groups in total. The smallest absolute Gasteiger partial charge is 0.212 e. The van der Waals surface area contributed by atoms with Crippen molar-refractivity contribution >= 4 is 10.0 Å². The molecule has 1 atom stereocenters. The maximum absolute atomic E-state index is 13.3. The van der Waals surface area contributed by atoms with Crippen LogP contribution in [0.4, 0.5) is 4.39 Å². The molecule has 0 aliphatic heterocycles. The summed E-state index contributed by atoms with van der Waals surface area (Å²) in [5, 5.41) is 0. The van der Waals surface area contributed by atoms with Gasteiger partial charge in [-0.3, -0.25) is 0 Å². The van der Waals surface area contributed by atoms with E-state index in [0.717, 1.165) is 5.56 Å². The highest BCUT2D eigenvalue weighted by atomic mass is 32.2. The summed E-state index contributed by atoms with van der Waals surface area (Å²) in [7, 11) is -1.96. The van der Waals surface area contributed by atoms with E-state index in [1.807, 2.05) is 30.3 Å². The van der Waals surface area contributed by atoms with E-state index in [-0.39, 0.29) is 18.1 Å². The van der Waals surface area contributed by atoms with Crippen LogP contribution in [0.1, 0.15) is 17.2 Å². The Bertz CT molecular complexity index is 720. The van der Waals surface area contributed by atoms with Crippen molar-refractivity contribution in [3.05, 3.63) is 71.5 Å². The fourth-order valence-electron chi connectivity index (χ4n) is 2.22. The zero-order valence-corrected chi connectivity index (χ0v) is 13.7. The van der Waals surface area contributed by atoms with Gasteiger partial charge in [-0.05, 0) is 29.7 Å². The average molecular weight is 337 g/mol. The first-order chi connectivity index (χ1) is 11.0. The first kappa shape index (κ1) is 17.6. The SMILES string of the molecule is COC(CNS(=O)(=O)CCc1ccccc1)c1cccc(F)c1. The number of benzene rings is 2. The highest BCUT2D eigenvalue weighted by Gasteiger charge is 2.16. The van der Waals surface area contributed by atoms with E-state index in [1.165, 1.54) is 19.2 Å². The van der Waals surface area contributed by atoms with E-state index in [1.54, 1.807) is 12.1 Å². The molecule has 0 aliphatic carbocycles.